The number of ether oxygens (including phenoxy) is 3. The third-order valence-corrected chi connectivity index (χ3v) is 6.47. The van der Waals surface area contributed by atoms with Crippen LogP contribution in [0.15, 0.2) is 72.8 Å². The average molecular weight is 702 g/mol. The van der Waals surface area contributed by atoms with E-state index in [-0.39, 0.29) is 0 Å². The first kappa shape index (κ1) is 36.0. The van der Waals surface area contributed by atoms with Gasteiger partial charge in [0.05, 0.1) is 50.1 Å². The molecule has 0 atom stereocenters. The fourth-order valence-corrected chi connectivity index (χ4v) is 4.19. The van der Waals surface area contributed by atoms with Gasteiger partial charge in [-0.05, 0) is 72.8 Å². The maximum absolute atomic E-state index is 13.2. The number of aromatic carboxylic acids is 6. The number of rotatable bonds is 12. The lowest BCUT2D eigenvalue weighted by molar-refractivity contribution is 0.0672. The summed E-state index contributed by atoms with van der Waals surface area (Å²) in [5.41, 5.74) is -5.48. The van der Waals surface area contributed by atoms with Gasteiger partial charge in [0.25, 0.3) is 0 Å². The summed E-state index contributed by atoms with van der Waals surface area (Å²) in [6.45, 7) is 0. The van der Waals surface area contributed by atoms with Crippen molar-refractivity contribution >= 4 is 53.7 Å². The highest BCUT2D eigenvalue weighted by atomic mass is 16.5. The van der Waals surface area contributed by atoms with E-state index in [4.69, 9.17) is 14.2 Å². The monoisotopic (exact) mass is 702 g/mol. The van der Waals surface area contributed by atoms with Gasteiger partial charge in [-0.3, -0.25) is 0 Å². The summed E-state index contributed by atoms with van der Waals surface area (Å²) in [6.07, 6.45) is 0. The molecule has 0 aromatic heterocycles. The van der Waals surface area contributed by atoms with E-state index in [0.717, 1.165) is 72.8 Å². The van der Waals surface area contributed by atoms with Gasteiger partial charge in [-0.25, -0.2) is 43.2 Å². The van der Waals surface area contributed by atoms with Gasteiger partial charge in [0, 0.05) is 0 Å². The van der Waals surface area contributed by atoms with Gasteiger partial charge in [-0.1, -0.05) is 0 Å². The Labute approximate surface area is 281 Å². The van der Waals surface area contributed by atoms with Crippen molar-refractivity contribution in [2.75, 3.05) is 0 Å². The number of hydrogen-bond donors (Lipinski definition) is 6. The van der Waals surface area contributed by atoms with Crippen molar-refractivity contribution in [2.45, 2.75) is 0 Å². The standard InChI is InChI=1S/C33H18O18/c34-25(35)13-1-14(26(36)37)8-22(7-13)49-31(46)19-4-20(32(47)50-23-9-15(27(38)39)2-16(10-23)28(40)41)6-21(5-19)33(48)51-24-11-17(29(42)43)3-18(12-24)30(44)45/h1-12H,(H,34,35)(H,36,37)(H,38,39)(H,40,41)(H,42,43)(H,44,45). The quantitative estimate of drug-likeness (QED) is 0.0908. The minimum absolute atomic E-state index is 0.590. The molecular weight excluding hydrogens is 684 g/mol. The first-order valence-corrected chi connectivity index (χ1v) is 13.6. The van der Waals surface area contributed by atoms with E-state index in [1.807, 2.05) is 0 Å². The molecule has 18 heteroatoms. The summed E-state index contributed by atoms with van der Waals surface area (Å²) in [7, 11) is 0. The molecule has 0 heterocycles. The molecule has 0 spiro atoms. The molecule has 0 radical (unpaired) electrons. The highest BCUT2D eigenvalue weighted by molar-refractivity contribution is 6.03. The zero-order valence-electron chi connectivity index (χ0n) is 25.0. The van der Waals surface area contributed by atoms with Gasteiger partial charge in [-0.2, -0.15) is 0 Å². The van der Waals surface area contributed by atoms with Gasteiger partial charge in [0.15, 0.2) is 0 Å². The zero-order chi connectivity index (χ0) is 37.7. The molecule has 258 valence electrons. The molecule has 0 unspecified atom stereocenters. The lowest BCUT2D eigenvalue weighted by Crippen LogP contribution is -2.17. The van der Waals surface area contributed by atoms with E-state index in [1.165, 1.54) is 0 Å². The average Bonchev–Trinajstić information content (AvgIpc) is 3.07. The van der Waals surface area contributed by atoms with Crippen LogP contribution in [0.3, 0.4) is 0 Å². The van der Waals surface area contributed by atoms with Gasteiger partial charge in [0.2, 0.25) is 0 Å². The third-order valence-electron chi connectivity index (χ3n) is 6.47. The number of carbonyl (C=O) groups excluding carboxylic acids is 3. The molecule has 0 fully saturated rings. The molecule has 0 saturated heterocycles. The summed E-state index contributed by atoms with van der Waals surface area (Å²) in [5, 5.41) is 56.0. The number of benzene rings is 4. The van der Waals surface area contributed by atoms with Gasteiger partial charge >= 0.3 is 53.7 Å². The van der Waals surface area contributed by atoms with Crippen molar-refractivity contribution in [1.82, 2.24) is 0 Å². The van der Waals surface area contributed by atoms with Crippen LogP contribution >= 0.6 is 0 Å². The fraction of sp³-hybridized carbons (Fsp3) is 0. The van der Waals surface area contributed by atoms with Crippen LogP contribution in [0.1, 0.15) is 93.2 Å². The van der Waals surface area contributed by atoms with E-state index in [1.54, 1.807) is 0 Å². The first-order chi connectivity index (χ1) is 23.9. The Morgan fingerprint density at radius 2 is 0.431 bits per heavy atom. The normalized spacial score (nSPS) is 10.4. The summed E-state index contributed by atoms with van der Waals surface area (Å²) < 4.78 is 15.4. The SMILES string of the molecule is O=C(O)c1cc(OC(=O)c2cc(C(=O)Oc3cc(C(=O)O)cc(C(=O)O)c3)cc(C(=O)Oc3cc(C(=O)O)cc(C(=O)O)c3)c2)cc(C(=O)O)c1. The van der Waals surface area contributed by atoms with Gasteiger partial charge in [-0.15, -0.1) is 0 Å². The summed E-state index contributed by atoms with van der Waals surface area (Å²) in [6, 6.07) is 9.46. The van der Waals surface area contributed by atoms with E-state index in [9.17, 15) is 73.8 Å². The molecule has 51 heavy (non-hydrogen) atoms. The van der Waals surface area contributed by atoms with Crippen LogP contribution in [-0.4, -0.2) is 84.4 Å². The third kappa shape index (κ3) is 8.73. The number of hydrogen-bond acceptors (Lipinski definition) is 12. The van der Waals surface area contributed by atoms with Crippen molar-refractivity contribution < 1.29 is 88.0 Å². The van der Waals surface area contributed by atoms with E-state index in [2.05, 4.69) is 0 Å². The van der Waals surface area contributed by atoms with E-state index >= 15 is 0 Å². The Hall–Kier alpha value is -7.89. The largest absolute Gasteiger partial charge is 0.478 e. The second kappa shape index (κ2) is 14.5. The zero-order valence-corrected chi connectivity index (χ0v) is 25.0. The number of carbonyl (C=O) groups is 9. The summed E-state index contributed by atoms with van der Waals surface area (Å²) in [5.74, 6) is -15.5. The molecule has 4 rings (SSSR count). The van der Waals surface area contributed by atoms with Crippen LogP contribution in [-0.2, 0) is 0 Å². The molecule has 4 aromatic carbocycles. The Morgan fingerprint density at radius 1 is 0.275 bits per heavy atom. The lowest BCUT2D eigenvalue weighted by atomic mass is 10.0. The Morgan fingerprint density at radius 3 is 0.588 bits per heavy atom. The van der Waals surface area contributed by atoms with Crippen molar-refractivity contribution in [3.63, 3.8) is 0 Å². The van der Waals surface area contributed by atoms with Crippen LogP contribution < -0.4 is 14.2 Å². The van der Waals surface area contributed by atoms with Crippen molar-refractivity contribution in [2.24, 2.45) is 0 Å². The topological polar surface area (TPSA) is 303 Å². The van der Waals surface area contributed by atoms with Crippen LogP contribution in [0.5, 0.6) is 17.2 Å². The van der Waals surface area contributed by atoms with Gasteiger partial charge < -0.3 is 44.8 Å². The van der Waals surface area contributed by atoms with E-state index < -0.39 is 121 Å². The number of carboxylic acid groups (broad SMARTS) is 6. The van der Waals surface area contributed by atoms with Crippen LogP contribution in [0.4, 0.5) is 0 Å². The minimum atomic E-state index is -1.58. The Bertz CT molecular complexity index is 1860. The fourth-order valence-electron chi connectivity index (χ4n) is 4.19. The Balaban J connectivity index is 1.79. The number of esters is 3. The lowest BCUT2D eigenvalue weighted by Gasteiger charge is -2.12. The molecule has 0 saturated carbocycles. The maximum Gasteiger partial charge on any atom is 0.343 e. The van der Waals surface area contributed by atoms with E-state index in [0.29, 0.717) is 0 Å². The van der Waals surface area contributed by atoms with Crippen LogP contribution in [0, 0.1) is 0 Å². The van der Waals surface area contributed by atoms with Crippen molar-refractivity contribution in [3.8, 4) is 17.2 Å². The molecule has 18 nitrogen and oxygen atoms in total. The molecule has 0 amide bonds. The summed E-state index contributed by atoms with van der Waals surface area (Å²) >= 11 is 0. The minimum Gasteiger partial charge on any atom is -0.478 e. The van der Waals surface area contributed by atoms with Crippen molar-refractivity contribution in [1.29, 1.82) is 0 Å². The van der Waals surface area contributed by atoms with Crippen molar-refractivity contribution in [3.05, 3.63) is 123 Å². The Kier molecular flexibility index (Phi) is 10.2. The van der Waals surface area contributed by atoms with Crippen LogP contribution in [0.25, 0.3) is 0 Å². The molecule has 0 aliphatic rings. The molecule has 0 aliphatic heterocycles. The summed E-state index contributed by atoms with van der Waals surface area (Å²) in [4.78, 5) is 109. The van der Waals surface area contributed by atoms with Crippen LogP contribution in [0.2, 0.25) is 0 Å². The predicted octanol–water partition coefficient (Wildman–Crippen LogP) is 3.53. The predicted molar refractivity (Wildman–Crippen MR) is 162 cm³/mol. The first-order valence-electron chi connectivity index (χ1n) is 13.6. The molecule has 0 bridgehead atoms. The molecular formula is C33H18O18. The second-order valence-electron chi connectivity index (χ2n) is 10.0. The molecule has 0 aliphatic carbocycles. The second-order valence-corrected chi connectivity index (χ2v) is 10.0. The molecule has 6 N–H and O–H groups in total. The number of carboxylic acids is 6. The highest BCUT2D eigenvalue weighted by Crippen LogP contribution is 2.24. The highest BCUT2D eigenvalue weighted by Gasteiger charge is 2.23. The maximum atomic E-state index is 13.2. The molecule has 4 aromatic rings. The smallest absolute Gasteiger partial charge is 0.343 e. The van der Waals surface area contributed by atoms with Gasteiger partial charge in [0.1, 0.15) is 17.2 Å².